The van der Waals surface area contributed by atoms with Crippen LogP contribution < -0.4 is 10.5 Å². The predicted molar refractivity (Wildman–Crippen MR) is 86.7 cm³/mol. The number of ether oxygens (including phenoxy) is 3. The third-order valence-electron chi connectivity index (χ3n) is 2.62. The SMILES string of the molecule is COCCOCCOc1ccc2nc(CN)[nH]c2c1.Cl.Cl. The van der Waals surface area contributed by atoms with E-state index in [-0.39, 0.29) is 24.8 Å². The van der Waals surface area contributed by atoms with Crippen molar-refractivity contribution in [3.8, 4) is 5.75 Å². The van der Waals surface area contributed by atoms with Crippen LogP contribution in [0, 0.1) is 0 Å². The van der Waals surface area contributed by atoms with Crippen LogP contribution >= 0.6 is 24.8 Å². The summed E-state index contributed by atoms with van der Waals surface area (Å²) in [4.78, 5) is 7.47. The van der Waals surface area contributed by atoms with Gasteiger partial charge in [-0.3, -0.25) is 0 Å². The molecule has 0 aliphatic heterocycles. The molecule has 1 aromatic carbocycles. The van der Waals surface area contributed by atoms with Crippen LogP contribution in [0.3, 0.4) is 0 Å². The molecule has 0 unspecified atom stereocenters. The third-order valence-corrected chi connectivity index (χ3v) is 2.62. The Morgan fingerprint density at radius 3 is 2.62 bits per heavy atom. The van der Waals surface area contributed by atoms with E-state index in [9.17, 15) is 0 Å². The average molecular weight is 338 g/mol. The zero-order valence-corrected chi connectivity index (χ0v) is 13.5. The van der Waals surface area contributed by atoms with E-state index in [0.717, 1.165) is 22.6 Å². The van der Waals surface area contributed by atoms with Gasteiger partial charge in [-0.25, -0.2) is 4.98 Å². The topological polar surface area (TPSA) is 82.4 Å². The molecule has 2 aromatic rings. The summed E-state index contributed by atoms with van der Waals surface area (Å²) in [5.74, 6) is 1.56. The number of hydrogen-bond donors (Lipinski definition) is 2. The molecule has 0 spiro atoms. The van der Waals surface area contributed by atoms with Gasteiger partial charge in [-0.15, -0.1) is 24.8 Å². The number of fused-ring (bicyclic) bond motifs is 1. The van der Waals surface area contributed by atoms with E-state index < -0.39 is 0 Å². The highest BCUT2D eigenvalue weighted by atomic mass is 35.5. The van der Waals surface area contributed by atoms with Gasteiger partial charge >= 0.3 is 0 Å². The Balaban J connectivity index is 0.00000200. The van der Waals surface area contributed by atoms with Crippen LogP contribution in [0.1, 0.15) is 5.82 Å². The van der Waals surface area contributed by atoms with Crippen LogP contribution in [0.5, 0.6) is 5.75 Å². The molecule has 0 amide bonds. The lowest BCUT2D eigenvalue weighted by molar-refractivity contribution is 0.0544. The second kappa shape index (κ2) is 10.6. The first kappa shape index (κ1) is 19.9. The lowest BCUT2D eigenvalue weighted by Gasteiger charge is -2.06. The van der Waals surface area contributed by atoms with Gasteiger partial charge in [-0.1, -0.05) is 0 Å². The molecule has 6 nitrogen and oxygen atoms in total. The molecule has 0 atom stereocenters. The Labute approximate surface area is 136 Å². The van der Waals surface area contributed by atoms with Gasteiger partial charge in [0.05, 0.1) is 37.4 Å². The van der Waals surface area contributed by atoms with Crippen LogP contribution in [0.2, 0.25) is 0 Å². The van der Waals surface area contributed by atoms with Crippen LogP contribution in [0.25, 0.3) is 11.0 Å². The first-order chi connectivity index (χ1) is 9.33. The molecule has 0 saturated heterocycles. The Bertz CT molecular complexity index is 522. The van der Waals surface area contributed by atoms with Crippen molar-refractivity contribution in [2.75, 3.05) is 33.5 Å². The van der Waals surface area contributed by atoms with Crippen LogP contribution in [0.15, 0.2) is 18.2 Å². The first-order valence-corrected chi connectivity index (χ1v) is 6.21. The average Bonchev–Trinajstić information content (AvgIpc) is 2.85. The number of benzene rings is 1. The van der Waals surface area contributed by atoms with Crippen molar-refractivity contribution in [3.63, 3.8) is 0 Å². The maximum absolute atomic E-state index is 5.59. The highest BCUT2D eigenvalue weighted by Gasteiger charge is 2.03. The van der Waals surface area contributed by atoms with Crippen molar-refractivity contribution in [3.05, 3.63) is 24.0 Å². The van der Waals surface area contributed by atoms with Gasteiger partial charge in [0.15, 0.2) is 0 Å². The van der Waals surface area contributed by atoms with Gasteiger partial charge in [0.25, 0.3) is 0 Å². The maximum Gasteiger partial charge on any atom is 0.121 e. The summed E-state index contributed by atoms with van der Waals surface area (Å²) < 4.78 is 15.8. The summed E-state index contributed by atoms with van der Waals surface area (Å²) in [6, 6.07) is 5.71. The number of methoxy groups -OCH3 is 1. The van der Waals surface area contributed by atoms with Crippen molar-refractivity contribution >= 4 is 35.8 Å². The molecule has 21 heavy (non-hydrogen) atoms. The number of nitrogens with two attached hydrogens (primary N) is 1. The lowest BCUT2D eigenvalue weighted by Crippen LogP contribution is -2.09. The number of hydrogen-bond acceptors (Lipinski definition) is 5. The monoisotopic (exact) mass is 337 g/mol. The predicted octanol–water partition coefficient (Wildman–Crippen LogP) is 1.91. The van der Waals surface area contributed by atoms with E-state index in [1.54, 1.807) is 7.11 Å². The lowest BCUT2D eigenvalue weighted by atomic mass is 10.3. The number of rotatable bonds is 8. The molecule has 0 bridgehead atoms. The summed E-state index contributed by atoms with van der Waals surface area (Å²) in [5.41, 5.74) is 7.36. The molecular weight excluding hydrogens is 317 g/mol. The fraction of sp³-hybridized carbons (Fsp3) is 0.462. The first-order valence-electron chi connectivity index (χ1n) is 6.21. The number of nitrogens with one attached hydrogen (secondary N) is 1. The molecule has 1 heterocycles. The summed E-state index contributed by atoms with van der Waals surface area (Å²) in [6.07, 6.45) is 0. The second-order valence-corrected chi connectivity index (χ2v) is 4.02. The van der Waals surface area contributed by atoms with Gasteiger partial charge in [-0.2, -0.15) is 0 Å². The quantitative estimate of drug-likeness (QED) is 0.719. The molecule has 2 rings (SSSR count). The molecule has 0 aliphatic carbocycles. The van der Waals surface area contributed by atoms with Crippen molar-refractivity contribution in [1.82, 2.24) is 9.97 Å². The van der Waals surface area contributed by atoms with E-state index in [1.165, 1.54) is 0 Å². The third kappa shape index (κ3) is 6.07. The molecule has 120 valence electrons. The van der Waals surface area contributed by atoms with Gasteiger partial charge in [0, 0.05) is 13.2 Å². The smallest absolute Gasteiger partial charge is 0.121 e. The molecular formula is C13H21Cl2N3O3. The summed E-state index contributed by atoms with van der Waals surface area (Å²) in [6.45, 7) is 2.63. The standard InChI is InChI=1S/C13H19N3O3.2ClH/c1-17-4-5-18-6-7-19-10-2-3-11-12(8-10)16-13(9-14)15-11;;/h2-3,8H,4-7,9,14H2,1H3,(H,15,16);2*1H. The largest absolute Gasteiger partial charge is 0.491 e. The molecule has 0 aliphatic rings. The molecule has 1 aromatic heterocycles. The number of aromatic nitrogens is 2. The zero-order chi connectivity index (χ0) is 13.5. The highest BCUT2D eigenvalue weighted by molar-refractivity contribution is 5.85. The van der Waals surface area contributed by atoms with Crippen molar-refractivity contribution in [2.24, 2.45) is 5.73 Å². The van der Waals surface area contributed by atoms with Gasteiger partial charge in [0.1, 0.15) is 18.2 Å². The number of H-pyrrole nitrogens is 1. The van der Waals surface area contributed by atoms with E-state index in [1.807, 2.05) is 18.2 Å². The van der Waals surface area contributed by atoms with E-state index in [0.29, 0.717) is 33.0 Å². The summed E-state index contributed by atoms with van der Waals surface area (Å²) >= 11 is 0. The molecule has 3 N–H and O–H groups in total. The molecule has 8 heteroatoms. The van der Waals surface area contributed by atoms with Crippen LogP contribution in [-0.2, 0) is 16.0 Å². The van der Waals surface area contributed by atoms with Gasteiger partial charge in [0.2, 0.25) is 0 Å². The van der Waals surface area contributed by atoms with Crippen molar-refractivity contribution < 1.29 is 14.2 Å². The molecule has 0 saturated carbocycles. The number of nitrogens with zero attached hydrogens (tertiary/aromatic N) is 1. The fourth-order valence-electron chi connectivity index (χ4n) is 1.69. The van der Waals surface area contributed by atoms with Crippen LogP contribution in [-0.4, -0.2) is 43.5 Å². The van der Waals surface area contributed by atoms with Gasteiger partial charge < -0.3 is 24.9 Å². The fourth-order valence-corrected chi connectivity index (χ4v) is 1.69. The number of halogens is 2. The highest BCUT2D eigenvalue weighted by Crippen LogP contribution is 2.18. The Morgan fingerprint density at radius 2 is 1.90 bits per heavy atom. The normalized spacial score (nSPS) is 10.0. The molecule has 0 fully saturated rings. The Hall–Kier alpha value is -1.05. The van der Waals surface area contributed by atoms with Crippen molar-refractivity contribution in [2.45, 2.75) is 6.54 Å². The second-order valence-electron chi connectivity index (χ2n) is 4.02. The minimum absolute atomic E-state index is 0. The van der Waals surface area contributed by atoms with E-state index >= 15 is 0 Å². The van der Waals surface area contributed by atoms with Crippen LogP contribution in [0.4, 0.5) is 0 Å². The maximum atomic E-state index is 5.59. The Morgan fingerprint density at radius 1 is 1.14 bits per heavy atom. The summed E-state index contributed by atoms with van der Waals surface area (Å²) in [7, 11) is 1.65. The number of aromatic amines is 1. The number of imidazole rings is 1. The van der Waals surface area contributed by atoms with E-state index in [4.69, 9.17) is 19.9 Å². The van der Waals surface area contributed by atoms with Crippen molar-refractivity contribution in [1.29, 1.82) is 0 Å². The van der Waals surface area contributed by atoms with Gasteiger partial charge in [-0.05, 0) is 12.1 Å². The molecule has 0 radical (unpaired) electrons. The summed E-state index contributed by atoms with van der Waals surface area (Å²) in [5, 5.41) is 0. The minimum Gasteiger partial charge on any atom is -0.491 e. The Kier molecular flexibility index (Phi) is 10.1. The zero-order valence-electron chi connectivity index (χ0n) is 11.8. The van der Waals surface area contributed by atoms with E-state index in [2.05, 4.69) is 9.97 Å². The minimum atomic E-state index is 0.